The predicted octanol–water partition coefficient (Wildman–Crippen LogP) is 7.07. The molecule has 0 fully saturated rings. The van der Waals surface area contributed by atoms with Gasteiger partial charge < -0.3 is 9.47 Å². The van der Waals surface area contributed by atoms with E-state index in [4.69, 9.17) is 9.47 Å². The number of nitrogens with one attached hydrogen (secondary N) is 1. The van der Waals surface area contributed by atoms with Crippen LogP contribution >= 0.6 is 0 Å². The standard InChI is InChI=1S/C32H30F3NO5S/c1-3-19-41-29-21-25(40-2)16-18-26(29)23-15-17-27(24(20-23)14-13-22-9-5-4-6-10-22)31(37)36-42(38,39)30-12-8-7-11-28(30)32(33,34)35/h4-12,15-18,20-21H,3,13-14,19H2,1-2H3,(H,36,37). The van der Waals surface area contributed by atoms with Gasteiger partial charge in [-0.1, -0.05) is 61.5 Å². The first-order valence-corrected chi connectivity index (χ1v) is 14.7. The Labute approximate surface area is 243 Å². The summed E-state index contributed by atoms with van der Waals surface area (Å²) in [6, 6.07) is 23.5. The van der Waals surface area contributed by atoms with E-state index in [1.54, 1.807) is 31.4 Å². The van der Waals surface area contributed by atoms with Gasteiger partial charge in [-0.2, -0.15) is 13.2 Å². The van der Waals surface area contributed by atoms with Crippen LogP contribution in [0, 0.1) is 0 Å². The van der Waals surface area contributed by atoms with E-state index >= 15 is 0 Å². The molecule has 1 amide bonds. The molecule has 1 N–H and O–H groups in total. The van der Waals surface area contributed by atoms with Gasteiger partial charge in [0.25, 0.3) is 15.9 Å². The number of carbonyl (C=O) groups excluding carboxylic acids is 1. The number of rotatable bonds is 11. The molecule has 4 aromatic rings. The summed E-state index contributed by atoms with van der Waals surface area (Å²) in [6.07, 6.45) is -3.24. The molecule has 0 unspecified atom stereocenters. The quantitative estimate of drug-likeness (QED) is 0.200. The predicted molar refractivity (Wildman–Crippen MR) is 154 cm³/mol. The Morgan fingerprint density at radius 1 is 0.881 bits per heavy atom. The second kappa shape index (κ2) is 13.1. The van der Waals surface area contributed by atoms with Crippen molar-refractivity contribution < 1.29 is 35.9 Å². The van der Waals surface area contributed by atoms with Gasteiger partial charge >= 0.3 is 6.18 Å². The second-order valence-corrected chi connectivity index (χ2v) is 11.1. The van der Waals surface area contributed by atoms with Crippen molar-refractivity contribution in [2.45, 2.75) is 37.3 Å². The normalized spacial score (nSPS) is 11.6. The first kappa shape index (κ1) is 30.6. The van der Waals surface area contributed by atoms with Crippen molar-refractivity contribution in [1.82, 2.24) is 4.72 Å². The van der Waals surface area contributed by atoms with Crippen LogP contribution in [-0.2, 0) is 29.0 Å². The highest BCUT2D eigenvalue weighted by Crippen LogP contribution is 2.36. The summed E-state index contributed by atoms with van der Waals surface area (Å²) in [4.78, 5) is 12.3. The molecule has 0 aliphatic carbocycles. The Morgan fingerprint density at radius 3 is 2.29 bits per heavy atom. The lowest BCUT2D eigenvalue weighted by molar-refractivity contribution is -0.139. The second-order valence-electron chi connectivity index (χ2n) is 9.50. The molecule has 0 saturated heterocycles. The monoisotopic (exact) mass is 597 g/mol. The van der Waals surface area contributed by atoms with Crippen LogP contribution in [0.3, 0.4) is 0 Å². The molecule has 0 atom stereocenters. The van der Waals surface area contributed by atoms with E-state index in [2.05, 4.69) is 0 Å². The van der Waals surface area contributed by atoms with Crippen molar-refractivity contribution in [3.63, 3.8) is 0 Å². The van der Waals surface area contributed by atoms with E-state index in [1.165, 1.54) is 12.1 Å². The van der Waals surface area contributed by atoms with E-state index in [9.17, 15) is 26.4 Å². The maximum Gasteiger partial charge on any atom is 0.417 e. The first-order valence-electron chi connectivity index (χ1n) is 13.2. The fourth-order valence-corrected chi connectivity index (χ4v) is 5.67. The zero-order chi connectivity index (χ0) is 30.3. The molecule has 0 radical (unpaired) electrons. The van der Waals surface area contributed by atoms with Crippen molar-refractivity contribution in [3.8, 4) is 22.6 Å². The minimum absolute atomic E-state index is 0.0345. The smallest absolute Gasteiger partial charge is 0.417 e. The molecule has 4 aromatic carbocycles. The largest absolute Gasteiger partial charge is 0.497 e. The summed E-state index contributed by atoms with van der Waals surface area (Å²) in [5.74, 6) is 0.155. The summed E-state index contributed by atoms with van der Waals surface area (Å²) in [6.45, 7) is 2.45. The van der Waals surface area contributed by atoms with Gasteiger partial charge in [-0.25, -0.2) is 13.1 Å². The number of sulfonamides is 1. The number of ether oxygens (including phenoxy) is 2. The molecule has 4 rings (SSSR count). The van der Waals surface area contributed by atoms with Crippen LogP contribution in [0.25, 0.3) is 11.1 Å². The molecule has 0 saturated carbocycles. The summed E-state index contributed by atoms with van der Waals surface area (Å²) >= 11 is 0. The lowest BCUT2D eigenvalue weighted by atomic mass is 9.94. The molecule has 10 heteroatoms. The van der Waals surface area contributed by atoms with Gasteiger partial charge in [-0.3, -0.25) is 4.79 Å². The summed E-state index contributed by atoms with van der Waals surface area (Å²) in [5.41, 5.74) is 1.65. The summed E-state index contributed by atoms with van der Waals surface area (Å²) in [7, 11) is -3.30. The van der Waals surface area contributed by atoms with E-state index < -0.39 is 32.6 Å². The zero-order valence-corrected chi connectivity index (χ0v) is 23.9. The Morgan fingerprint density at radius 2 is 1.60 bits per heavy atom. The number of benzene rings is 4. The van der Waals surface area contributed by atoms with Crippen molar-refractivity contribution in [2.24, 2.45) is 0 Å². The highest BCUT2D eigenvalue weighted by molar-refractivity contribution is 7.90. The number of methoxy groups -OCH3 is 1. The van der Waals surface area contributed by atoms with Crippen LogP contribution in [0.2, 0.25) is 0 Å². The Bertz CT molecular complexity index is 1650. The molecular weight excluding hydrogens is 567 g/mol. The molecule has 6 nitrogen and oxygen atoms in total. The van der Waals surface area contributed by atoms with Gasteiger partial charge in [0.05, 0.1) is 24.2 Å². The Kier molecular flexibility index (Phi) is 9.57. The van der Waals surface area contributed by atoms with Crippen LogP contribution in [0.1, 0.15) is 40.4 Å². The molecular formula is C32H30F3NO5S. The minimum Gasteiger partial charge on any atom is -0.497 e. The summed E-state index contributed by atoms with van der Waals surface area (Å²) < 4.78 is 79.8. The number of hydrogen-bond donors (Lipinski definition) is 1. The third-order valence-electron chi connectivity index (χ3n) is 6.55. The van der Waals surface area contributed by atoms with Crippen molar-refractivity contribution in [3.05, 3.63) is 113 Å². The van der Waals surface area contributed by atoms with Crippen LogP contribution < -0.4 is 14.2 Å². The molecule has 0 bridgehead atoms. The van der Waals surface area contributed by atoms with Gasteiger partial charge in [0.1, 0.15) is 11.5 Å². The van der Waals surface area contributed by atoms with Crippen molar-refractivity contribution in [1.29, 1.82) is 0 Å². The number of carbonyl (C=O) groups is 1. The van der Waals surface area contributed by atoms with Crippen LogP contribution in [-0.4, -0.2) is 28.0 Å². The van der Waals surface area contributed by atoms with Gasteiger partial charge in [0, 0.05) is 17.2 Å². The molecule has 0 aliphatic rings. The average Bonchev–Trinajstić information content (AvgIpc) is 2.98. The lowest BCUT2D eigenvalue weighted by Crippen LogP contribution is -2.32. The van der Waals surface area contributed by atoms with Crippen LogP contribution in [0.4, 0.5) is 13.2 Å². The number of alkyl halides is 3. The SMILES string of the molecule is CCCOc1cc(OC)ccc1-c1ccc(C(=O)NS(=O)(=O)c2ccccc2C(F)(F)F)c(CCc2ccccc2)c1. The zero-order valence-electron chi connectivity index (χ0n) is 23.1. The average molecular weight is 598 g/mol. The van der Waals surface area contributed by atoms with Gasteiger partial charge in [-0.15, -0.1) is 0 Å². The highest BCUT2D eigenvalue weighted by Gasteiger charge is 2.37. The maximum absolute atomic E-state index is 13.5. The minimum atomic E-state index is -4.92. The number of aryl methyl sites for hydroxylation is 2. The van der Waals surface area contributed by atoms with Gasteiger partial charge in [0.2, 0.25) is 0 Å². The number of amides is 1. The highest BCUT2D eigenvalue weighted by atomic mass is 32.2. The van der Waals surface area contributed by atoms with E-state index in [-0.39, 0.29) is 5.56 Å². The van der Waals surface area contributed by atoms with E-state index in [1.807, 2.05) is 48.0 Å². The van der Waals surface area contributed by atoms with Crippen LogP contribution in [0.15, 0.2) is 95.9 Å². The third kappa shape index (κ3) is 7.30. The molecule has 0 aliphatic heterocycles. The molecule has 0 aromatic heterocycles. The molecule has 0 heterocycles. The van der Waals surface area contributed by atoms with Crippen molar-refractivity contribution in [2.75, 3.05) is 13.7 Å². The molecule has 220 valence electrons. The van der Waals surface area contributed by atoms with Crippen LogP contribution in [0.5, 0.6) is 11.5 Å². The Balaban J connectivity index is 1.74. The molecule has 42 heavy (non-hydrogen) atoms. The maximum atomic E-state index is 13.5. The first-order chi connectivity index (χ1) is 20.0. The fraction of sp³-hybridized carbons (Fsp3) is 0.219. The number of hydrogen-bond acceptors (Lipinski definition) is 5. The van der Waals surface area contributed by atoms with E-state index in [0.717, 1.165) is 29.7 Å². The Hall–Kier alpha value is -4.31. The number of halogens is 3. The fourth-order valence-electron chi connectivity index (χ4n) is 4.48. The van der Waals surface area contributed by atoms with Gasteiger partial charge in [-0.05, 0) is 66.3 Å². The van der Waals surface area contributed by atoms with Gasteiger partial charge in [0.15, 0.2) is 0 Å². The topological polar surface area (TPSA) is 81.7 Å². The lowest BCUT2D eigenvalue weighted by Gasteiger charge is -2.17. The third-order valence-corrected chi connectivity index (χ3v) is 7.94. The van der Waals surface area contributed by atoms with Crippen molar-refractivity contribution >= 4 is 15.9 Å². The summed E-state index contributed by atoms with van der Waals surface area (Å²) in [5, 5.41) is 0. The van der Waals surface area contributed by atoms with E-state index in [0.29, 0.717) is 48.1 Å². The molecule has 0 spiro atoms.